The smallest absolute Gasteiger partial charge is 0.227 e. The van der Waals surface area contributed by atoms with Crippen LogP contribution in [-0.4, -0.2) is 67.2 Å². The van der Waals surface area contributed by atoms with Crippen LogP contribution in [0.5, 0.6) is 0 Å². The molecule has 1 unspecified atom stereocenters. The Morgan fingerprint density at radius 2 is 2.05 bits per heavy atom. The van der Waals surface area contributed by atoms with Gasteiger partial charge in [0.1, 0.15) is 0 Å². The molecule has 1 saturated carbocycles. The Morgan fingerprint density at radius 3 is 2.58 bits per heavy atom. The number of hydrogen-bond donors (Lipinski definition) is 1. The first-order valence-corrected chi connectivity index (χ1v) is 8.64. The first-order valence-electron chi connectivity index (χ1n) is 6.80. The fraction of sp³-hybridized carbons (Fsp3) is 0.917. The predicted molar refractivity (Wildman–Crippen MR) is 71.0 cm³/mol. The van der Waals surface area contributed by atoms with Gasteiger partial charge in [-0.1, -0.05) is 0 Å². The second-order valence-electron chi connectivity index (χ2n) is 5.45. The summed E-state index contributed by atoms with van der Waals surface area (Å²) in [6.07, 6.45) is 4.63. The van der Waals surface area contributed by atoms with E-state index < -0.39 is 10.0 Å². The minimum absolute atomic E-state index is 0.00454. The number of rotatable bonds is 5. The first kappa shape index (κ1) is 14.7. The topological polar surface area (TPSA) is 77.9 Å². The molecule has 0 aromatic heterocycles. The maximum absolute atomic E-state index is 12.4. The highest BCUT2D eigenvalue weighted by Crippen LogP contribution is 2.30. The van der Waals surface area contributed by atoms with Crippen molar-refractivity contribution in [3.05, 3.63) is 0 Å². The first-order chi connectivity index (χ1) is 8.93. The van der Waals surface area contributed by atoms with Crippen molar-refractivity contribution in [2.45, 2.75) is 31.7 Å². The lowest BCUT2D eigenvalue weighted by atomic mass is 9.98. The van der Waals surface area contributed by atoms with Crippen LogP contribution in [0.3, 0.4) is 0 Å². The Kier molecular flexibility index (Phi) is 4.47. The van der Waals surface area contributed by atoms with Gasteiger partial charge in [0, 0.05) is 25.7 Å². The van der Waals surface area contributed by atoms with Gasteiger partial charge in [0.2, 0.25) is 15.9 Å². The number of carbonyl (C=O) groups excluding carboxylic acids is 1. The van der Waals surface area contributed by atoms with Gasteiger partial charge in [-0.05, 0) is 25.7 Å². The van der Waals surface area contributed by atoms with E-state index >= 15 is 0 Å². The molecule has 0 spiro atoms. The third-order valence-corrected chi connectivity index (χ3v) is 5.08. The van der Waals surface area contributed by atoms with Gasteiger partial charge < -0.3 is 10.0 Å². The molecule has 2 aliphatic rings. The van der Waals surface area contributed by atoms with Crippen molar-refractivity contribution in [3.63, 3.8) is 0 Å². The molecule has 1 atom stereocenters. The van der Waals surface area contributed by atoms with E-state index in [1.54, 1.807) is 4.90 Å². The van der Waals surface area contributed by atoms with Crippen LogP contribution in [0.2, 0.25) is 0 Å². The lowest BCUT2D eigenvalue weighted by Crippen LogP contribution is -2.47. The van der Waals surface area contributed by atoms with E-state index in [2.05, 4.69) is 0 Å². The van der Waals surface area contributed by atoms with Crippen molar-refractivity contribution in [2.75, 3.05) is 32.5 Å². The molecule has 110 valence electrons. The molecule has 19 heavy (non-hydrogen) atoms. The number of aliphatic hydroxyl groups excluding tert-OH is 1. The lowest BCUT2D eigenvalue weighted by Gasteiger charge is -2.33. The number of aliphatic hydroxyl groups is 1. The summed E-state index contributed by atoms with van der Waals surface area (Å²) in [4.78, 5) is 14.2. The largest absolute Gasteiger partial charge is 0.395 e. The Labute approximate surface area is 114 Å². The average Bonchev–Trinajstić information content (AvgIpc) is 3.18. The maximum Gasteiger partial charge on any atom is 0.227 e. The molecule has 1 heterocycles. The lowest BCUT2D eigenvalue weighted by molar-refractivity contribution is -0.137. The van der Waals surface area contributed by atoms with Crippen LogP contribution in [0.15, 0.2) is 0 Å². The van der Waals surface area contributed by atoms with Gasteiger partial charge >= 0.3 is 0 Å². The molecule has 1 N–H and O–H groups in total. The highest BCUT2D eigenvalue weighted by atomic mass is 32.2. The van der Waals surface area contributed by atoms with E-state index in [4.69, 9.17) is 5.11 Å². The predicted octanol–water partition coefficient (Wildman–Crippen LogP) is -0.359. The van der Waals surface area contributed by atoms with Crippen molar-refractivity contribution in [1.82, 2.24) is 9.21 Å². The number of sulfonamides is 1. The Hall–Kier alpha value is -0.660. The molecule has 1 saturated heterocycles. The summed E-state index contributed by atoms with van der Waals surface area (Å²) in [6, 6.07) is 0.258. The molecule has 0 bridgehead atoms. The van der Waals surface area contributed by atoms with E-state index in [0.717, 1.165) is 25.7 Å². The van der Waals surface area contributed by atoms with Crippen molar-refractivity contribution in [2.24, 2.45) is 5.92 Å². The molecule has 7 heteroatoms. The van der Waals surface area contributed by atoms with Crippen LogP contribution in [0.25, 0.3) is 0 Å². The summed E-state index contributed by atoms with van der Waals surface area (Å²) in [5.41, 5.74) is 0. The standard InChI is InChI=1S/C12H22N2O4S/c1-19(17,18)13-6-2-3-10(9-13)12(16)14(7-8-15)11-4-5-11/h10-11,15H,2-9H2,1H3. The van der Waals surface area contributed by atoms with Gasteiger partial charge in [0.25, 0.3) is 0 Å². The van der Waals surface area contributed by atoms with Crippen molar-refractivity contribution < 1.29 is 18.3 Å². The molecule has 0 radical (unpaired) electrons. The van der Waals surface area contributed by atoms with Crippen LogP contribution in [0.1, 0.15) is 25.7 Å². The van der Waals surface area contributed by atoms with Crippen LogP contribution in [0, 0.1) is 5.92 Å². The van der Waals surface area contributed by atoms with Gasteiger partial charge in [-0.15, -0.1) is 0 Å². The third-order valence-electron chi connectivity index (χ3n) is 3.81. The van der Waals surface area contributed by atoms with Gasteiger partial charge in [0.05, 0.1) is 18.8 Å². The highest BCUT2D eigenvalue weighted by Gasteiger charge is 2.38. The summed E-state index contributed by atoms with van der Waals surface area (Å²) in [7, 11) is -3.22. The third kappa shape index (κ3) is 3.67. The molecule has 0 aromatic rings. The highest BCUT2D eigenvalue weighted by molar-refractivity contribution is 7.88. The second kappa shape index (κ2) is 5.76. The molecule has 1 amide bonds. The maximum atomic E-state index is 12.4. The average molecular weight is 290 g/mol. The number of nitrogens with zero attached hydrogens (tertiary/aromatic N) is 2. The van der Waals surface area contributed by atoms with E-state index in [1.807, 2.05) is 0 Å². The number of hydrogen-bond acceptors (Lipinski definition) is 4. The number of carbonyl (C=O) groups is 1. The molecule has 0 aromatic carbocycles. The van der Waals surface area contributed by atoms with Gasteiger partial charge in [-0.3, -0.25) is 4.79 Å². The van der Waals surface area contributed by atoms with Crippen LogP contribution >= 0.6 is 0 Å². The summed E-state index contributed by atoms with van der Waals surface area (Å²) in [5.74, 6) is -0.250. The minimum atomic E-state index is -3.22. The fourth-order valence-electron chi connectivity index (χ4n) is 2.65. The van der Waals surface area contributed by atoms with E-state index in [1.165, 1.54) is 10.6 Å². The number of piperidine rings is 1. The van der Waals surface area contributed by atoms with E-state index in [-0.39, 0.29) is 31.0 Å². The monoisotopic (exact) mass is 290 g/mol. The molecule has 1 aliphatic heterocycles. The van der Waals surface area contributed by atoms with Gasteiger partial charge in [0.15, 0.2) is 0 Å². The zero-order valence-corrected chi connectivity index (χ0v) is 12.1. The molecule has 6 nitrogen and oxygen atoms in total. The van der Waals surface area contributed by atoms with Crippen molar-refractivity contribution in [3.8, 4) is 0 Å². The van der Waals surface area contributed by atoms with Crippen LogP contribution < -0.4 is 0 Å². The second-order valence-corrected chi connectivity index (χ2v) is 7.43. The van der Waals surface area contributed by atoms with Crippen molar-refractivity contribution >= 4 is 15.9 Å². The Bertz CT molecular complexity index is 433. The zero-order valence-electron chi connectivity index (χ0n) is 11.3. The summed E-state index contributed by atoms with van der Waals surface area (Å²) < 4.78 is 24.5. The van der Waals surface area contributed by atoms with Gasteiger partial charge in [-0.25, -0.2) is 12.7 Å². The van der Waals surface area contributed by atoms with Crippen LogP contribution in [0.4, 0.5) is 0 Å². The normalized spacial score (nSPS) is 25.3. The fourth-order valence-corrected chi connectivity index (χ4v) is 3.56. The van der Waals surface area contributed by atoms with Gasteiger partial charge in [-0.2, -0.15) is 0 Å². The van der Waals surface area contributed by atoms with Crippen molar-refractivity contribution in [1.29, 1.82) is 0 Å². The quantitative estimate of drug-likeness (QED) is 0.750. The number of amides is 1. The Morgan fingerprint density at radius 1 is 1.37 bits per heavy atom. The van der Waals surface area contributed by atoms with E-state index in [9.17, 15) is 13.2 Å². The van der Waals surface area contributed by atoms with E-state index in [0.29, 0.717) is 13.1 Å². The SMILES string of the molecule is CS(=O)(=O)N1CCCC(C(=O)N(CCO)C2CC2)C1. The Balaban J connectivity index is 2.01. The summed E-state index contributed by atoms with van der Waals surface area (Å²) in [6.45, 7) is 1.11. The summed E-state index contributed by atoms with van der Waals surface area (Å²) in [5, 5.41) is 9.04. The summed E-state index contributed by atoms with van der Waals surface area (Å²) >= 11 is 0. The molecule has 1 aliphatic carbocycles. The molecular weight excluding hydrogens is 268 g/mol. The minimum Gasteiger partial charge on any atom is -0.395 e. The molecule has 2 rings (SSSR count). The molecule has 2 fully saturated rings. The van der Waals surface area contributed by atoms with Crippen LogP contribution in [-0.2, 0) is 14.8 Å². The molecular formula is C12H22N2O4S. The zero-order chi connectivity index (χ0) is 14.0.